The third kappa shape index (κ3) is 3.21. The molecule has 0 spiro atoms. The van der Waals surface area contributed by atoms with Gasteiger partial charge in [0.1, 0.15) is 0 Å². The van der Waals surface area contributed by atoms with Crippen LogP contribution in [0.5, 0.6) is 0 Å². The van der Waals surface area contributed by atoms with E-state index in [4.69, 9.17) is 28.9 Å². The number of benzene rings is 2. The Kier molecular flexibility index (Phi) is 4.34. The van der Waals surface area contributed by atoms with Crippen molar-refractivity contribution in [3.63, 3.8) is 0 Å². The fourth-order valence-corrected chi connectivity index (χ4v) is 2.60. The monoisotopic (exact) mass is 358 g/mol. The SMILES string of the molecule is Nc1ccc(NC(=O)c2c(Cl)cccc2Cl)c(Br)c1. The number of anilines is 2. The highest BCUT2D eigenvalue weighted by molar-refractivity contribution is 9.10. The molecule has 0 aromatic heterocycles. The lowest BCUT2D eigenvalue weighted by Gasteiger charge is -2.10. The number of halogens is 3. The summed E-state index contributed by atoms with van der Waals surface area (Å²) in [6, 6.07) is 9.99. The molecule has 0 saturated carbocycles. The van der Waals surface area contributed by atoms with Crippen molar-refractivity contribution in [2.24, 2.45) is 0 Å². The number of rotatable bonds is 2. The quantitative estimate of drug-likeness (QED) is 0.770. The van der Waals surface area contributed by atoms with E-state index in [1.807, 2.05) is 0 Å². The maximum atomic E-state index is 12.2. The van der Waals surface area contributed by atoms with Crippen LogP contribution in [-0.2, 0) is 0 Å². The van der Waals surface area contributed by atoms with Crippen LogP contribution >= 0.6 is 39.1 Å². The van der Waals surface area contributed by atoms with Crippen molar-refractivity contribution < 1.29 is 4.79 Å². The van der Waals surface area contributed by atoms with E-state index in [9.17, 15) is 4.79 Å². The van der Waals surface area contributed by atoms with Crippen LogP contribution in [0.3, 0.4) is 0 Å². The molecule has 0 saturated heterocycles. The van der Waals surface area contributed by atoms with E-state index >= 15 is 0 Å². The van der Waals surface area contributed by atoms with Crippen LogP contribution in [0.1, 0.15) is 10.4 Å². The number of nitrogen functional groups attached to an aromatic ring is 1. The van der Waals surface area contributed by atoms with Crippen molar-refractivity contribution in [1.29, 1.82) is 0 Å². The highest BCUT2D eigenvalue weighted by Crippen LogP contribution is 2.28. The number of hydrogen-bond acceptors (Lipinski definition) is 2. The molecular formula is C13H9BrCl2N2O. The molecule has 0 unspecified atom stereocenters. The molecule has 0 atom stereocenters. The van der Waals surface area contributed by atoms with Gasteiger partial charge in [0.25, 0.3) is 5.91 Å². The molecule has 0 aliphatic carbocycles. The molecule has 0 fully saturated rings. The summed E-state index contributed by atoms with van der Waals surface area (Å²) >= 11 is 15.3. The summed E-state index contributed by atoms with van der Waals surface area (Å²) in [6.45, 7) is 0. The van der Waals surface area contributed by atoms with Gasteiger partial charge in [-0.15, -0.1) is 0 Å². The number of amides is 1. The van der Waals surface area contributed by atoms with Gasteiger partial charge in [0.2, 0.25) is 0 Å². The largest absolute Gasteiger partial charge is 0.399 e. The van der Waals surface area contributed by atoms with Gasteiger partial charge in [-0.25, -0.2) is 0 Å². The summed E-state index contributed by atoms with van der Waals surface area (Å²) in [5.41, 5.74) is 7.07. The molecule has 2 rings (SSSR count). The van der Waals surface area contributed by atoms with Crippen molar-refractivity contribution >= 4 is 56.4 Å². The normalized spacial score (nSPS) is 10.3. The summed E-state index contributed by atoms with van der Waals surface area (Å²) in [5.74, 6) is -0.374. The fourth-order valence-electron chi connectivity index (χ4n) is 1.53. The van der Waals surface area contributed by atoms with E-state index in [1.54, 1.807) is 36.4 Å². The molecule has 19 heavy (non-hydrogen) atoms. The van der Waals surface area contributed by atoms with Gasteiger partial charge in [-0.05, 0) is 46.3 Å². The number of hydrogen-bond donors (Lipinski definition) is 2. The Morgan fingerprint density at radius 3 is 2.37 bits per heavy atom. The first-order chi connectivity index (χ1) is 8.99. The zero-order valence-corrected chi connectivity index (χ0v) is 12.7. The third-order valence-corrected chi connectivity index (χ3v) is 3.72. The molecular weight excluding hydrogens is 351 g/mol. The minimum atomic E-state index is -0.374. The maximum Gasteiger partial charge on any atom is 0.258 e. The first-order valence-corrected chi connectivity index (χ1v) is 6.84. The number of nitrogens with two attached hydrogens (primary N) is 1. The van der Waals surface area contributed by atoms with Crippen LogP contribution in [-0.4, -0.2) is 5.91 Å². The number of carbonyl (C=O) groups excluding carboxylic acids is 1. The second-order valence-electron chi connectivity index (χ2n) is 3.79. The molecule has 98 valence electrons. The molecule has 6 heteroatoms. The minimum Gasteiger partial charge on any atom is -0.399 e. The smallest absolute Gasteiger partial charge is 0.258 e. The van der Waals surface area contributed by atoms with Gasteiger partial charge in [0, 0.05) is 10.2 Å². The van der Waals surface area contributed by atoms with Crippen LogP contribution in [0.2, 0.25) is 10.0 Å². The van der Waals surface area contributed by atoms with Crippen molar-refractivity contribution in [3.05, 3.63) is 56.5 Å². The molecule has 0 aliphatic heterocycles. The summed E-state index contributed by atoms with van der Waals surface area (Å²) < 4.78 is 0.684. The zero-order valence-electron chi connectivity index (χ0n) is 9.58. The molecule has 3 N–H and O–H groups in total. The zero-order chi connectivity index (χ0) is 14.0. The van der Waals surface area contributed by atoms with Gasteiger partial charge in [0.05, 0.1) is 21.3 Å². The topological polar surface area (TPSA) is 55.1 Å². The molecule has 2 aromatic rings. The molecule has 0 bridgehead atoms. The Bertz CT molecular complexity index is 626. The minimum absolute atomic E-state index is 0.245. The fraction of sp³-hybridized carbons (Fsp3) is 0. The molecule has 0 heterocycles. The van der Waals surface area contributed by atoms with E-state index in [1.165, 1.54) is 0 Å². The molecule has 0 radical (unpaired) electrons. The lowest BCUT2D eigenvalue weighted by atomic mass is 10.2. The lowest BCUT2D eigenvalue weighted by molar-refractivity contribution is 0.102. The Balaban J connectivity index is 2.31. The van der Waals surface area contributed by atoms with Crippen LogP contribution < -0.4 is 11.1 Å². The van der Waals surface area contributed by atoms with Crippen molar-refractivity contribution in [2.75, 3.05) is 11.1 Å². The van der Waals surface area contributed by atoms with Crippen molar-refractivity contribution in [1.82, 2.24) is 0 Å². The predicted octanol–water partition coefficient (Wildman–Crippen LogP) is 4.59. The Morgan fingerprint density at radius 1 is 1.16 bits per heavy atom. The maximum absolute atomic E-state index is 12.2. The summed E-state index contributed by atoms with van der Waals surface area (Å²) in [5, 5.41) is 3.33. The van der Waals surface area contributed by atoms with Gasteiger partial charge in [-0.3, -0.25) is 4.79 Å². The van der Waals surface area contributed by atoms with Crippen LogP contribution in [0.15, 0.2) is 40.9 Å². The summed E-state index contributed by atoms with van der Waals surface area (Å²) in [6.07, 6.45) is 0. The first-order valence-electron chi connectivity index (χ1n) is 5.29. The van der Waals surface area contributed by atoms with Crippen molar-refractivity contribution in [3.8, 4) is 0 Å². The van der Waals surface area contributed by atoms with Crippen LogP contribution in [0.25, 0.3) is 0 Å². The van der Waals surface area contributed by atoms with Crippen LogP contribution in [0, 0.1) is 0 Å². The second kappa shape index (κ2) is 5.82. The number of nitrogens with one attached hydrogen (secondary N) is 1. The Hall–Kier alpha value is -1.23. The average Bonchev–Trinajstić information content (AvgIpc) is 2.32. The first kappa shape index (κ1) is 14.2. The molecule has 2 aromatic carbocycles. The summed E-state index contributed by atoms with van der Waals surface area (Å²) in [7, 11) is 0. The lowest BCUT2D eigenvalue weighted by Crippen LogP contribution is -2.13. The van der Waals surface area contributed by atoms with Gasteiger partial charge < -0.3 is 11.1 Å². The van der Waals surface area contributed by atoms with E-state index in [2.05, 4.69) is 21.2 Å². The Labute approximate surface area is 128 Å². The van der Waals surface area contributed by atoms with Crippen LogP contribution in [0.4, 0.5) is 11.4 Å². The predicted molar refractivity (Wildman–Crippen MR) is 83.0 cm³/mol. The Morgan fingerprint density at radius 2 is 1.79 bits per heavy atom. The van der Waals surface area contributed by atoms with E-state index in [0.29, 0.717) is 25.9 Å². The van der Waals surface area contributed by atoms with Gasteiger partial charge in [-0.2, -0.15) is 0 Å². The van der Waals surface area contributed by atoms with E-state index in [-0.39, 0.29) is 11.5 Å². The van der Waals surface area contributed by atoms with E-state index < -0.39 is 0 Å². The summed E-state index contributed by atoms with van der Waals surface area (Å²) in [4.78, 5) is 12.2. The molecule has 0 aliphatic rings. The highest BCUT2D eigenvalue weighted by Gasteiger charge is 2.15. The number of carbonyl (C=O) groups is 1. The standard InChI is InChI=1S/C13H9BrCl2N2O/c14-8-6-7(17)4-5-11(8)18-13(19)12-9(15)2-1-3-10(12)16/h1-6H,17H2,(H,18,19). The van der Waals surface area contributed by atoms with E-state index in [0.717, 1.165) is 0 Å². The average molecular weight is 360 g/mol. The second-order valence-corrected chi connectivity index (χ2v) is 5.46. The molecule has 1 amide bonds. The van der Waals surface area contributed by atoms with Gasteiger partial charge in [0.15, 0.2) is 0 Å². The van der Waals surface area contributed by atoms with Crippen molar-refractivity contribution in [2.45, 2.75) is 0 Å². The van der Waals surface area contributed by atoms with Gasteiger partial charge >= 0.3 is 0 Å². The molecule has 3 nitrogen and oxygen atoms in total. The third-order valence-electron chi connectivity index (χ3n) is 2.43. The van der Waals surface area contributed by atoms with Gasteiger partial charge in [-0.1, -0.05) is 29.3 Å². The highest BCUT2D eigenvalue weighted by atomic mass is 79.9.